The van der Waals surface area contributed by atoms with E-state index in [2.05, 4.69) is 33.2 Å². The Hall–Kier alpha value is -2.69. The second-order valence-corrected chi connectivity index (χ2v) is 7.89. The topological polar surface area (TPSA) is 74.1 Å². The van der Waals surface area contributed by atoms with Gasteiger partial charge >= 0.3 is 0 Å². The summed E-state index contributed by atoms with van der Waals surface area (Å²) in [5, 5.41) is 14.5. The van der Waals surface area contributed by atoms with E-state index in [9.17, 15) is 5.26 Å². The first-order chi connectivity index (χ1) is 13.2. The summed E-state index contributed by atoms with van der Waals surface area (Å²) in [6.07, 6.45) is 2.90. The van der Waals surface area contributed by atoms with Crippen molar-refractivity contribution in [1.29, 1.82) is 5.26 Å². The summed E-state index contributed by atoms with van der Waals surface area (Å²) in [6.45, 7) is 3.90. The van der Waals surface area contributed by atoms with Crippen LogP contribution in [0.15, 0.2) is 36.5 Å². The molecule has 1 saturated heterocycles. The van der Waals surface area contributed by atoms with Gasteiger partial charge in [0.05, 0.1) is 5.52 Å². The molecule has 138 valence electrons. The van der Waals surface area contributed by atoms with Gasteiger partial charge in [-0.25, -0.2) is 9.97 Å². The molecule has 2 atom stereocenters. The van der Waals surface area contributed by atoms with Gasteiger partial charge in [0, 0.05) is 49.1 Å². The molecular formula is C20H21N5OS. The van der Waals surface area contributed by atoms with Gasteiger partial charge in [-0.15, -0.1) is 11.3 Å². The lowest BCUT2D eigenvalue weighted by atomic mass is 10.2. The van der Waals surface area contributed by atoms with Crippen LogP contribution in [-0.2, 0) is 6.54 Å². The number of nitrogens with zero attached hydrogens (tertiary/aromatic N) is 4. The van der Waals surface area contributed by atoms with Gasteiger partial charge in [0.1, 0.15) is 12.2 Å². The number of aromatic nitrogens is 2. The number of ether oxygens (including phenoxy) is 1. The summed E-state index contributed by atoms with van der Waals surface area (Å²) in [7, 11) is 1.88. The number of nitriles is 1. The molecule has 0 radical (unpaired) electrons. The van der Waals surface area contributed by atoms with E-state index >= 15 is 0 Å². The number of hydrogen-bond donors (Lipinski definition) is 1. The van der Waals surface area contributed by atoms with E-state index in [1.165, 1.54) is 4.88 Å². The van der Waals surface area contributed by atoms with Crippen LogP contribution in [0.2, 0.25) is 0 Å². The van der Waals surface area contributed by atoms with Crippen molar-refractivity contribution in [2.75, 3.05) is 18.9 Å². The normalized spacial score (nSPS) is 19.9. The zero-order chi connectivity index (χ0) is 18.8. The van der Waals surface area contributed by atoms with E-state index < -0.39 is 0 Å². The Bertz CT molecular complexity index is 995. The van der Waals surface area contributed by atoms with Gasteiger partial charge in [-0.2, -0.15) is 5.26 Å². The Morgan fingerprint density at radius 2 is 2.26 bits per heavy atom. The van der Waals surface area contributed by atoms with Gasteiger partial charge in [-0.05, 0) is 19.1 Å². The standard InChI is InChI=1S/C20H21N5OS/c1-13-7-15(11-25(13)12-16-10-23-20(22-2)27-16)26-19-8-14-5-3-4-6-17(14)24-18(19)9-21/h3-6,8,10,13,15H,7,11-12H2,1-2H3,(H,22,23). The summed E-state index contributed by atoms with van der Waals surface area (Å²) >= 11 is 1.68. The van der Waals surface area contributed by atoms with Crippen molar-refractivity contribution in [3.8, 4) is 11.8 Å². The molecule has 4 rings (SSSR count). The Balaban J connectivity index is 1.49. The second kappa shape index (κ2) is 7.51. The highest BCUT2D eigenvalue weighted by Crippen LogP contribution is 2.29. The lowest BCUT2D eigenvalue weighted by molar-refractivity contribution is 0.194. The van der Waals surface area contributed by atoms with Crippen molar-refractivity contribution in [2.45, 2.75) is 32.0 Å². The van der Waals surface area contributed by atoms with E-state index in [0.29, 0.717) is 17.5 Å². The Morgan fingerprint density at radius 1 is 1.41 bits per heavy atom. The maximum absolute atomic E-state index is 9.46. The number of anilines is 1. The lowest BCUT2D eigenvalue weighted by Gasteiger charge is -2.19. The third-order valence-electron chi connectivity index (χ3n) is 4.88. The predicted octanol–water partition coefficient (Wildman–Crippen LogP) is 3.65. The van der Waals surface area contributed by atoms with Crippen LogP contribution in [-0.4, -0.2) is 40.6 Å². The molecule has 1 aliphatic heterocycles. The van der Waals surface area contributed by atoms with Crippen molar-refractivity contribution in [2.24, 2.45) is 0 Å². The first-order valence-electron chi connectivity index (χ1n) is 8.99. The summed E-state index contributed by atoms with van der Waals surface area (Å²) < 4.78 is 6.22. The van der Waals surface area contributed by atoms with Gasteiger partial charge in [0.2, 0.25) is 0 Å². The van der Waals surface area contributed by atoms with Crippen LogP contribution in [0.3, 0.4) is 0 Å². The van der Waals surface area contributed by atoms with Crippen molar-refractivity contribution >= 4 is 27.4 Å². The first kappa shape index (κ1) is 17.7. The Morgan fingerprint density at radius 3 is 3.04 bits per heavy atom. The van der Waals surface area contributed by atoms with Gasteiger partial charge in [-0.3, -0.25) is 4.90 Å². The molecule has 6 nitrogen and oxygen atoms in total. The SMILES string of the molecule is CNc1ncc(CN2CC(Oc3cc4ccccc4nc3C#N)CC2C)s1. The Kier molecular flexibility index (Phi) is 4.92. The smallest absolute Gasteiger partial charge is 0.183 e. The van der Waals surface area contributed by atoms with Crippen LogP contribution in [0.1, 0.15) is 23.9 Å². The minimum atomic E-state index is 0.0479. The third kappa shape index (κ3) is 3.72. The maximum Gasteiger partial charge on any atom is 0.183 e. The highest BCUT2D eigenvalue weighted by molar-refractivity contribution is 7.15. The fraction of sp³-hybridized carbons (Fsp3) is 0.350. The fourth-order valence-electron chi connectivity index (χ4n) is 3.49. The highest BCUT2D eigenvalue weighted by atomic mass is 32.1. The third-order valence-corrected chi connectivity index (χ3v) is 5.88. The predicted molar refractivity (Wildman–Crippen MR) is 107 cm³/mol. The van der Waals surface area contributed by atoms with Gasteiger partial charge in [0.15, 0.2) is 16.6 Å². The monoisotopic (exact) mass is 379 g/mol. The molecule has 0 bridgehead atoms. The van der Waals surface area contributed by atoms with E-state index in [0.717, 1.165) is 35.5 Å². The molecule has 0 spiro atoms. The number of pyridine rings is 1. The molecule has 0 aliphatic carbocycles. The number of rotatable bonds is 5. The van der Waals surface area contributed by atoms with Crippen molar-refractivity contribution in [3.63, 3.8) is 0 Å². The minimum absolute atomic E-state index is 0.0479. The average molecular weight is 379 g/mol. The number of nitrogens with one attached hydrogen (secondary N) is 1. The average Bonchev–Trinajstić information content (AvgIpc) is 3.27. The summed E-state index contributed by atoms with van der Waals surface area (Å²) in [5.41, 5.74) is 1.16. The van der Waals surface area contributed by atoms with Crippen LogP contribution in [0.4, 0.5) is 5.13 Å². The number of hydrogen-bond acceptors (Lipinski definition) is 7. The highest BCUT2D eigenvalue weighted by Gasteiger charge is 2.31. The molecule has 3 heterocycles. The molecule has 1 fully saturated rings. The molecule has 2 unspecified atom stereocenters. The maximum atomic E-state index is 9.46. The van der Waals surface area contributed by atoms with Crippen LogP contribution < -0.4 is 10.1 Å². The number of likely N-dealkylation sites (tertiary alicyclic amines) is 1. The van der Waals surface area contributed by atoms with Gasteiger partial charge in [-0.1, -0.05) is 18.2 Å². The number of benzene rings is 1. The molecular weight excluding hydrogens is 358 g/mol. The molecule has 27 heavy (non-hydrogen) atoms. The number of fused-ring (bicyclic) bond motifs is 1. The summed E-state index contributed by atoms with van der Waals surface area (Å²) in [4.78, 5) is 12.4. The lowest BCUT2D eigenvalue weighted by Crippen LogP contribution is -2.27. The summed E-state index contributed by atoms with van der Waals surface area (Å²) in [5.74, 6) is 0.575. The van der Waals surface area contributed by atoms with E-state index in [4.69, 9.17) is 4.74 Å². The zero-order valence-corrected chi connectivity index (χ0v) is 16.2. The van der Waals surface area contributed by atoms with Crippen LogP contribution in [0, 0.1) is 11.3 Å². The van der Waals surface area contributed by atoms with E-state index in [1.807, 2.05) is 43.6 Å². The van der Waals surface area contributed by atoms with Crippen LogP contribution in [0.5, 0.6) is 5.75 Å². The molecule has 1 N–H and O–H groups in total. The van der Waals surface area contributed by atoms with E-state index in [-0.39, 0.29) is 6.10 Å². The van der Waals surface area contributed by atoms with Crippen molar-refractivity contribution < 1.29 is 4.74 Å². The summed E-state index contributed by atoms with van der Waals surface area (Å²) in [6, 6.07) is 12.3. The van der Waals surface area contributed by atoms with Crippen molar-refractivity contribution in [3.05, 3.63) is 47.1 Å². The molecule has 7 heteroatoms. The first-order valence-corrected chi connectivity index (χ1v) is 9.81. The molecule has 1 aliphatic rings. The molecule has 0 saturated carbocycles. The zero-order valence-electron chi connectivity index (χ0n) is 15.3. The quantitative estimate of drug-likeness (QED) is 0.729. The van der Waals surface area contributed by atoms with E-state index in [1.54, 1.807) is 11.3 Å². The van der Waals surface area contributed by atoms with Crippen LogP contribution in [0.25, 0.3) is 10.9 Å². The molecule has 0 amide bonds. The van der Waals surface area contributed by atoms with Gasteiger partial charge < -0.3 is 10.1 Å². The van der Waals surface area contributed by atoms with Gasteiger partial charge in [0.25, 0.3) is 0 Å². The Labute approximate surface area is 162 Å². The fourth-order valence-corrected chi connectivity index (χ4v) is 4.29. The van der Waals surface area contributed by atoms with Crippen LogP contribution >= 0.6 is 11.3 Å². The second-order valence-electron chi connectivity index (χ2n) is 6.78. The largest absolute Gasteiger partial charge is 0.486 e. The number of para-hydroxylation sites is 1. The number of thiazole rings is 1. The molecule has 1 aromatic carbocycles. The van der Waals surface area contributed by atoms with Crippen molar-refractivity contribution in [1.82, 2.24) is 14.9 Å². The molecule has 2 aromatic heterocycles. The molecule has 3 aromatic rings. The minimum Gasteiger partial charge on any atom is -0.486 e.